The summed E-state index contributed by atoms with van der Waals surface area (Å²) in [5, 5.41) is 8.41. The molecule has 4 rings (SSSR count). The molecule has 1 aliphatic heterocycles. The highest BCUT2D eigenvalue weighted by molar-refractivity contribution is 7.87. The van der Waals surface area contributed by atoms with E-state index in [0.29, 0.717) is 31.5 Å². The highest BCUT2D eigenvalue weighted by Crippen LogP contribution is 2.24. The molecule has 1 aliphatic rings. The maximum Gasteiger partial charge on any atom is 0.357 e. The number of nitrogens with zero attached hydrogens (tertiary/aromatic N) is 5. The lowest BCUT2D eigenvalue weighted by Crippen LogP contribution is -2.37. The summed E-state index contributed by atoms with van der Waals surface area (Å²) >= 11 is 0. The number of nitrogens with one attached hydrogen (secondary N) is 2. The lowest BCUT2D eigenvalue weighted by atomic mass is 10.2. The van der Waals surface area contributed by atoms with Crippen molar-refractivity contribution in [2.75, 3.05) is 41.2 Å². The molecule has 1 fully saturated rings. The Kier molecular flexibility index (Phi) is 5.22. The summed E-state index contributed by atoms with van der Waals surface area (Å²) in [7, 11) is -2.45. The summed E-state index contributed by atoms with van der Waals surface area (Å²) in [6, 6.07) is 6.66. The van der Waals surface area contributed by atoms with Crippen molar-refractivity contribution >= 4 is 38.8 Å². The Morgan fingerprint density at radius 1 is 1.17 bits per heavy atom. The smallest absolute Gasteiger partial charge is 0.357 e. The van der Waals surface area contributed by atoms with E-state index in [1.165, 1.54) is 0 Å². The minimum atomic E-state index is -4.29. The van der Waals surface area contributed by atoms with Gasteiger partial charge in [-0.3, -0.25) is 14.0 Å². The molecule has 0 spiro atoms. The summed E-state index contributed by atoms with van der Waals surface area (Å²) in [4.78, 5) is 11.4. The minimum absolute atomic E-state index is 0.280. The molecule has 154 valence electrons. The van der Waals surface area contributed by atoms with E-state index in [0.717, 1.165) is 29.7 Å². The summed E-state index contributed by atoms with van der Waals surface area (Å²) in [6.45, 7) is 3.20. The fourth-order valence-electron chi connectivity index (χ4n) is 3.08. The first kappa shape index (κ1) is 19.4. The number of hydrogen-bond donors (Lipinski definition) is 3. The fourth-order valence-corrected chi connectivity index (χ4v) is 3.51. The van der Waals surface area contributed by atoms with Crippen LogP contribution in [0.2, 0.25) is 0 Å². The number of anilines is 3. The second-order valence-corrected chi connectivity index (χ2v) is 7.76. The largest absolute Gasteiger partial charge is 0.378 e. The van der Waals surface area contributed by atoms with Crippen LogP contribution in [0.3, 0.4) is 0 Å². The number of morpholine rings is 1. The van der Waals surface area contributed by atoms with Gasteiger partial charge in [0.15, 0.2) is 5.65 Å². The van der Waals surface area contributed by atoms with Crippen LogP contribution in [0, 0.1) is 0 Å². The van der Waals surface area contributed by atoms with Gasteiger partial charge in [-0.05, 0) is 17.7 Å². The minimum Gasteiger partial charge on any atom is -0.378 e. The second-order valence-electron chi connectivity index (χ2n) is 6.60. The van der Waals surface area contributed by atoms with Crippen molar-refractivity contribution in [2.45, 2.75) is 6.54 Å². The van der Waals surface area contributed by atoms with Crippen LogP contribution in [0.4, 0.5) is 17.5 Å². The van der Waals surface area contributed by atoms with Crippen molar-refractivity contribution in [3.63, 3.8) is 0 Å². The van der Waals surface area contributed by atoms with Gasteiger partial charge < -0.3 is 15.0 Å². The van der Waals surface area contributed by atoms with Crippen LogP contribution in [0.25, 0.3) is 11.0 Å². The zero-order valence-electron chi connectivity index (χ0n) is 15.7. The van der Waals surface area contributed by atoms with E-state index in [9.17, 15) is 8.42 Å². The lowest BCUT2D eigenvalue weighted by Gasteiger charge is -2.27. The zero-order chi connectivity index (χ0) is 20.4. The molecule has 0 atom stereocenters. The Bertz CT molecular complexity index is 1110. The molecule has 11 nitrogen and oxygen atoms in total. The summed E-state index contributed by atoms with van der Waals surface area (Å²) in [6.07, 6.45) is 1.72. The topological polar surface area (TPSA) is 134 Å². The number of fused-ring (bicyclic) bond motifs is 1. The molecule has 0 radical (unpaired) electrons. The van der Waals surface area contributed by atoms with Gasteiger partial charge in [-0.2, -0.15) is 23.5 Å². The van der Waals surface area contributed by atoms with E-state index in [1.54, 1.807) is 35.1 Å². The van der Waals surface area contributed by atoms with Crippen LogP contribution in [-0.2, 0) is 28.6 Å². The van der Waals surface area contributed by atoms with Crippen LogP contribution in [0.1, 0.15) is 5.56 Å². The molecule has 12 heteroatoms. The van der Waals surface area contributed by atoms with Gasteiger partial charge in [0.2, 0.25) is 5.95 Å². The van der Waals surface area contributed by atoms with Gasteiger partial charge in [0, 0.05) is 26.7 Å². The predicted octanol–water partition coefficient (Wildman–Crippen LogP) is 1.03. The first-order chi connectivity index (χ1) is 13.9. The Labute approximate surface area is 167 Å². The Balaban J connectivity index is 1.55. The first-order valence-corrected chi connectivity index (χ1v) is 10.4. The third-order valence-corrected chi connectivity index (χ3v) is 5.03. The second kappa shape index (κ2) is 7.81. The number of benzene rings is 1. The highest BCUT2D eigenvalue weighted by Gasteiger charge is 2.18. The number of aromatic nitrogens is 4. The monoisotopic (exact) mass is 419 g/mol. The van der Waals surface area contributed by atoms with Crippen molar-refractivity contribution in [1.82, 2.24) is 19.7 Å². The molecule has 3 aromatic rings. The van der Waals surface area contributed by atoms with Crippen LogP contribution in [0.15, 0.2) is 30.5 Å². The first-order valence-electron chi connectivity index (χ1n) is 8.99. The van der Waals surface area contributed by atoms with Gasteiger partial charge in [0.05, 0.1) is 30.5 Å². The summed E-state index contributed by atoms with van der Waals surface area (Å²) in [5.41, 5.74) is 1.92. The van der Waals surface area contributed by atoms with Crippen molar-refractivity contribution < 1.29 is 17.7 Å². The van der Waals surface area contributed by atoms with Crippen molar-refractivity contribution in [1.29, 1.82) is 0 Å². The van der Waals surface area contributed by atoms with Gasteiger partial charge in [-0.25, -0.2) is 0 Å². The van der Waals surface area contributed by atoms with E-state index < -0.39 is 10.3 Å². The number of rotatable bonds is 6. The molecule has 0 saturated carbocycles. The summed E-state index contributed by atoms with van der Waals surface area (Å²) in [5.74, 6) is 1.30. The number of ether oxygens (including phenoxy) is 1. The molecule has 0 aliphatic carbocycles. The lowest BCUT2D eigenvalue weighted by molar-refractivity contribution is 0.122. The van der Waals surface area contributed by atoms with Crippen molar-refractivity contribution in [3.8, 4) is 0 Å². The van der Waals surface area contributed by atoms with E-state index in [1.807, 2.05) is 11.8 Å². The molecule has 0 bridgehead atoms. The van der Waals surface area contributed by atoms with Crippen LogP contribution < -0.4 is 14.9 Å². The Hall–Kier alpha value is -2.96. The number of aryl methyl sites for hydroxylation is 1. The zero-order valence-corrected chi connectivity index (χ0v) is 16.6. The molecule has 3 N–H and O–H groups in total. The predicted molar refractivity (Wildman–Crippen MR) is 108 cm³/mol. The molecular weight excluding hydrogens is 398 g/mol. The Morgan fingerprint density at radius 3 is 2.59 bits per heavy atom. The molecule has 29 heavy (non-hydrogen) atoms. The van der Waals surface area contributed by atoms with Gasteiger partial charge in [0.1, 0.15) is 5.82 Å². The number of hydrogen-bond acceptors (Lipinski definition) is 8. The quantitative estimate of drug-likeness (QED) is 0.501. The fraction of sp³-hybridized carbons (Fsp3) is 0.353. The van der Waals surface area contributed by atoms with Gasteiger partial charge in [-0.15, -0.1) is 0 Å². The van der Waals surface area contributed by atoms with Crippen LogP contribution in [-0.4, -0.2) is 59.0 Å². The third kappa shape index (κ3) is 4.55. The standard InChI is InChI=1S/C17H21N7O4S/c1-23-16-14(11-19-23)15(20-17(21-16)24-6-8-28-9-7-24)18-10-12-2-4-13(5-3-12)22-29(25,26)27/h2-5,11,22H,6-10H2,1H3,(H,18,20,21)(H,25,26,27). The van der Waals surface area contributed by atoms with Crippen LogP contribution in [0.5, 0.6) is 0 Å². The molecular formula is C17H21N7O4S. The normalized spacial score (nSPS) is 14.9. The maximum absolute atomic E-state index is 10.9. The van der Waals surface area contributed by atoms with E-state index in [-0.39, 0.29) is 5.69 Å². The molecule has 0 unspecified atom stereocenters. The van der Waals surface area contributed by atoms with Crippen molar-refractivity contribution in [3.05, 3.63) is 36.0 Å². The molecule has 0 amide bonds. The van der Waals surface area contributed by atoms with Gasteiger partial charge in [0.25, 0.3) is 0 Å². The Morgan fingerprint density at radius 2 is 1.90 bits per heavy atom. The van der Waals surface area contributed by atoms with Gasteiger partial charge in [-0.1, -0.05) is 12.1 Å². The maximum atomic E-state index is 10.9. The van der Waals surface area contributed by atoms with E-state index >= 15 is 0 Å². The molecule has 3 heterocycles. The molecule has 1 aromatic carbocycles. The van der Waals surface area contributed by atoms with Crippen LogP contribution >= 0.6 is 0 Å². The average Bonchev–Trinajstić information content (AvgIpc) is 3.08. The average molecular weight is 419 g/mol. The summed E-state index contributed by atoms with van der Waals surface area (Å²) < 4.78 is 39.7. The van der Waals surface area contributed by atoms with Crippen molar-refractivity contribution in [2.24, 2.45) is 7.05 Å². The highest BCUT2D eigenvalue weighted by atomic mass is 32.2. The SMILES string of the molecule is Cn1ncc2c(NCc3ccc(NS(=O)(=O)O)cc3)nc(N3CCOCC3)nc21. The van der Waals surface area contributed by atoms with E-state index in [2.05, 4.69) is 25.3 Å². The van der Waals surface area contributed by atoms with E-state index in [4.69, 9.17) is 9.29 Å². The van der Waals surface area contributed by atoms with Gasteiger partial charge >= 0.3 is 10.3 Å². The molecule has 1 saturated heterocycles. The molecule has 2 aromatic heterocycles. The third-order valence-electron chi connectivity index (χ3n) is 4.53.